The maximum Gasteiger partial charge on any atom is 0.0820 e. The minimum Gasteiger partial charge on any atom is -0.388 e. The van der Waals surface area contributed by atoms with Crippen LogP contribution in [-0.2, 0) is 0 Å². The zero-order valence-corrected chi connectivity index (χ0v) is 9.79. The summed E-state index contributed by atoms with van der Waals surface area (Å²) in [5.41, 5.74) is 5.10. The summed E-state index contributed by atoms with van der Waals surface area (Å²) in [5, 5.41) is 10.5. The minimum atomic E-state index is -0.625. The summed E-state index contributed by atoms with van der Waals surface area (Å²) >= 11 is 0. The Morgan fingerprint density at radius 2 is 1.79 bits per heavy atom. The van der Waals surface area contributed by atoms with Crippen molar-refractivity contribution in [3.05, 3.63) is 0 Å². The number of hydrogen-bond donors (Lipinski definition) is 2. The molecule has 3 N–H and O–H groups in total. The average Bonchev–Trinajstić information content (AvgIpc) is 2.17. The predicted octanol–water partition coefficient (Wildman–Crippen LogP) is 2.16. The Morgan fingerprint density at radius 3 is 2.14 bits per heavy atom. The summed E-state index contributed by atoms with van der Waals surface area (Å²) in [5.74, 6) is 1.52. The van der Waals surface area contributed by atoms with Crippen LogP contribution in [0.2, 0.25) is 0 Å². The molecule has 0 bridgehead atoms. The SMILES string of the molecule is CC1CCC(C(O)(CN)C(C)C)CC1. The minimum absolute atomic E-state index is 0.269. The van der Waals surface area contributed by atoms with Crippen molar-refractivity contribution >= 4 is 0 Å². The second-order valence-corrected chi connectivity index (χ2v) is 5.31. The molecule has 0 aromatic carbocycles. The van der Waals surface area contributed by atoms with Gasteiger partial charge in [0.25, 0.3) is 0 Å². The first-order valence-electron chi connectivity index (χ1n) is 5.93. The molecule has 1 aliphatic rings. The summed E-state index contributed by atoms with van der Waals surface area (Å²) < 4.78 is 0. The molecule has 1 atom stereocenters. The van der Waals surface area contributed by atoms with Crippen LogP contribution in [-0.4, -0.2) is 17.3 Å². The molecule has 0 saturated heterocycles. The number of hydrogen-bond acceptors (Lipinski definition) is 2. The summed E-state index contributed by atoms with van der Waals surface area (Å²) in [4.78, 5) is 0. The molecule has 0 amide bonds. The first-order valence-corrected chi connectivity index (χ1v) is 5.93. The van der Waals surface area contributed by atoms with Crippen molar-refractivity contribution in [2.24, 2.45) is 23.5 Å². The molecule has 0 aromatic rings. The van der Waals surface area contributed by atoms with E-state index in [1.54, 1.807) is 0 Å². The van der Waals surface area contributed by atoms with Crippen molar-refractivity contribution in [2.45, 2.75) is 52.1 Å². The molecular formula is C12H25NO. The smallest absolute Gasteiger partial charge is 0.0820 e. The molecule has 1 aliphatic carbocycles. The highest BCUT2D eigenvalue weighted by Crippen LogP contribution is 2.38. The Balaban J connectivity index is 2.61. The van der Waals surface area contributed by atoms with E-state index >= 15 is 0 Å². The van der Waals surface area contributed by atoms with Gasteiger partial charge in [0.15, 0.2) is 0 Å². The Labute approximate surface area is 87.9 Å². The third-order valence-electron chi connectivity index (χ3n) is 4.05. The number of nitrogens with two attached hydrogens (primary N) is 1. The molecule has 0 heterocycles. The maximum absolute atomic E-state index is 10.5. The third kappa shape index (κ3) is 2.29. The standard InChI is InChI=1S/C12H25NO/c1-9(2)12(14,8-13)11-6-4-10(3)5-7-11/h9-11,14H,4-8,13H2,1-3H3. The first-order chi connectivity index (χ1) is 6.50. The second-order valence-electron chi connectivity index (χ2n) is 5.31. The van der Waals surface area contributed by atoms with E-state index in [0.717, 1.165) is 18.8 Å². The van der Waals surface area contributed by atoms with E-state index in [0.29, 0.717) is 12.5 Å². The van der Waals surface area contributed by atoms with Gasteiger partial charge in [0.05, 0.1) is 5.60 Å². The zero-order valence-electron chi connectivity index (χ0n) is 9.79. The number of rotatable bonds is 3. The zero-order chi connectivity index (χ0) is 10.8. The molecule has 0 aliphatic heterocycles. The lowest BCUT2D eigenvalue weighted by Crippen LogP contribution is -2.50. The van der Waals surface area contributed by atoms with E-state index in [-0.39, 0.29) is 5.92 Å². The topological polar surface area (TPSA) is 46.2 Å². The quantitative estimate of drug-likeness (QED) is 0.731. The fourth-order valence-corrected chi connectivity index (χ4v) is 2.63. The molecule has 1 unspecified atom stereocenters. The van der Waals surface area contributed by atoms with Gasteiger partial charge in [0.1, 0.15) is 0 Å². The van der Waals surface area contributed by atoms with Gasteiger partial charge in [-0.2, -0.15) is 0 Å². The molecule has 1 fully saturated rings. The van der Waals surface area contributed by atoms with Crippen LogP contribution in [0.5, 0.6) is 0 Å². The fourth-order valence-electron chi connectivity index (χ4n) is 2.63. The first kappa shape index (κ1) is 12.0. The molecule has 84 valence electrons. The Bertz CT molecular complexity index is 173. The molecule has 2 heteroatoms. The molecule has 0 aromatic heterocycles. The highest BCUT2D eigenvalue weighted by molar-refractivity contribution is 4.92. The van der Waals surface area contributed by atoms with Crippen molar-refractivity contribution in [1.29, 1.82) is 0 Å². The van der Waals surface area contributed by atoms with E-state index in [2.05, 4.69) is 20.8 Å². The fraction of sp³-hybridized carbons (Fsp3) is 1.00. The predicted molar refractivity (Wildman–Crippen MR) is 60.0 cm³/mol. The van der Waals surface area contributed by atoms with E-state index in [4.69, 9.17) is 5.73 Å². The average molecular weight is 199 g/mol. The maximum atomic E-state index is 10.5. The van der Waals surface area contributed by atoms with Crippen LogP contribution < -0.4 is 5.73 Å². The van der Waals surface area contributed by atoms with Gasteiger partial charge in [-0.25, -0.2) is 0 Å². The summed E-state index contributed by atoms with van der Waals surface area (Å²) in [6.07, 6.45) is 4.79. The third-order valence-corrected chi connectivity index (χ3v) is 4.05. The van der Waals surface area contributed by atoms with Gasteiger partial charge in [-0.3, -0.25) is 0 Å². The van der Waals surface area contributed by atoms with Crippen molar-refractivity contribution in [3.63, 3.8) is 0 Å². The van der Waals surface area contributed by atoms with E-state index in [9.17, 15) is 5.11 Å². The Morgan fingerprint density at radius 1 is 1.29 bits per heavy atom. The molecule has 1 rings (SSSR count). The van der Waals surface area contributed by atoms with Crippen LogP contribution in [0.3, 0.4) is 0 Å². The molecule has 0 radical (unpaired) electrons. The van der Waals surface area contributed by atoms with Gasteiger partial charge < -0.3 is 10.8 Å². The summed E-state index contributed by atoms with van der Waals surface area (Å²) in [7, 11) is 0. The lowest BCUT2D eigenvalue weighted by molar-refractivity contribution is -0.0661. The van der Waals surface area contributed by atoms with Crippen molar-refractivity contribution in [1.82, 2.24) is 0 Å². The second kappa shape index (κ2) is 4.63. The van der Waals surface area contributed by atoms with E-state index < -0.39 is 5.60 Å². The number of aliphatic hydroxyl groups is 1. The highest BCUT2D eigenvalue weighted by atomic mass is 16.3. The van der Waals surface area contributed by atoms with Crippen molar-refractivity contribution in [3.8, 4) is 0 Å². The van der Waals surface area contributed by atoms with Crippen molar-refractivity contribution in [2.75, 3.05) is 6.54 Å². The van der Waals surface area contributed by atoms with Gasteiger partial charge in [-0.1, -0.05) is 33.6 Å². The van der Waals surface area contributed by atoms with Gasteiger partial charge in [0.2, 0.25) is 0 Å². The van der Waals surface area contributed by atoms with Crippen LogP contribution in [0.25, 0.3) is 0 Å². The highest BCUT2D eigenvalue weighted by Gasteiger charge is 2.39. The monoisotopic (exact) mass is 199 g/mol. The van der Waals surface area contributed by atoms with E-state index in [1.165, 1.54) is 12.8 Å². The summed E-state index contributed by atoms with van der Waals surface area (Å²) in [6, 6.07) is 0. The summed E-state index contributed by atoms with van der Waals surface area (Å²) in [6.45, 7) is 6.85. The molecule has 14 heavy (non-hydrogen) atoms. The molecule has 1 saturated carbocycles. The van der Waals surface area contributed by atoms with Crippen LogP contribution in [0.4, 0.5) is 0 Å². The van der Waals surface area contributed by atoms with Gasteiger partial charge in [0, 0.05) is 6.54 Å². The lowest BCUT2D eigenvalue weighted by atomic mass is 9.69. The van der Waals surface area contributed by atoms with Crippen LogP contribution in [0, 0.1) is 17.8 Å². The molecule has 2 nitrogen and oxygen atoms in total. The molecular weight excluding hydrogens is 174 g/mol. The Hall–Kier alpha value is -0.0800. The van der Waals surface area contributed by atoms with Crippen LogP contribution >= 0.6 is 0 Å². The van der Waals surface area contributed by atoms with Gasteiger partial charge in [-0.05, 0) is 30.6 Å². The molecule has 0 spiro atoms. The van der Waals surface area contributed by atoms with Crippen LogP contribution in [0.15, 0.2) is 0 Å². The van der Waals surface area contributed by atoms with Crippen LogP contribution in [0.1, 0.15) is 46.5 Å². The lowest BCUT2D eigenvalue weighted by Gasteiger charge is -2.42. The van der Waals surface area contributed by atoms with Gasteiger partial charge >= 0.3 is 0 Å². The van der Waals surface area contributed by atoms with E-state index in [1.807, 2.05) is 0 Å². The Kier molecular flexibility index (Phi) is 3.96. The largest absolute Gasteiger partial charge is 0.388 e. The van der Waals surface area contributed by atoms with Crippen molar-refractivity contribution < 1.29 is 5.11 Å². The van der Waals surface area contributed by atoms with Gasteiger partial charge in [-0.15, -0.1) is 0 Å². The normalized spacial score (nSPS) is 33.0.